The normalized spacial score (nSPS) is 22.7. The number of amides is 1. The SMILES string of the molecule is CC1CCC(NC(=O)c2ccc(C(N)=S)cc2)C1. The van der Waals surface area contributed by atoms with Gasteiger partial charge in [0.25, 0.3) is 5.91 Å². The summed E-state index contributed by atoms with van der Waals surface area (Å²) < 4.78 is 0. The number of carbonyl (C=O) groups excluding carboxylic acids is 1. The highest BCUT2D eigenvalue weighted by atomic mass is 32.1. The number of hydrogen-bond donors (Lipinski definition) is 2. The zero-order chi connectivity index (χ0) is 13.1. The van der Waals surface area contributed by atoms with Crippen molar-refractivity contribution in [2.24, 2.45) is 11.7 Å². The first-order valence-electron chi connectivity index (χ1n) is 6.27. The number of nitrogens with two attached hydrogens (primary N) is 1. The summed E-state index contributed by atoms with van der Waals surface area (Å²) in [5, 5.41) is 3.07. The van der Waals surface area contributed by atoms with Crippen molar-refractivity contribution >= 4 is 23.1 Å². The molecule has 0 saturated heterocycles. The summed E-state index contributed by atoms with van der Waals surface area (Å²) in [5.41, 5.74) is 6.97. The van der Waals surface area contributed by atoms with Crippen molar-refractivity contribution in [1.82, 2.24) is 5.32 Å². The molecule has 0 bridgehead atoms. The van der Waals surface area contributed by atoms with Crippen LogP contribution < -0.4 is 11.1 Å². The van der Waals surface area contributed by atoms with Crippen LogP contribution in [0.2, 0.25) is 0 Å². The molecule has 2 unspecified atom stereocenters. The van der Waals surface area contributed by atoms with E-state index in [2.05, 4.69) is 12.2 Å². The Labute approximate surface area is 113 Å². The maximum absolute atomic E-state index is 12.0. The Morgan fingerprint density at radius 1 is 1.28 bits per heavy atom. The highest BCUT2D eigenvalue weighted by Gasteiger charge is 2.22. The van der Waals surface area contributed by atoms with Crippen molar-refractivity contribution in [3.8, 4) is 0 Å². The first-order valence-corrected chi connectivity index (χ1v) is 6.68. The molecule has 0 radical (unpaired) electrons. The first kappa shape index (κ1) is 13.0. The zero-order valence-electron chi connectivity index (χ0n) is 10.5. The third-order valence-electron chi connectivity index (χ3n) is 3.46. The van der Waals surface area contributed by atoms with Crippen LogP contribution in [0.25, 0.3) is 0 Å². The Morgan fingerprint density at radius 3 is 2.39 bits per heavy atom. The van der Waals surface area contributed by atoms with Crippen molar-refractivity contribution < 1.29 is 4.79 Å². The lowest BCUT2D eigenvalue weighted by Gasteiger charge is -2.12. The highest BCUT2D eigenvalue weighted by molar-refractivity contribution is 7.80. The molecule has 1 aliphatic carbocycles. The first-order chi connectivity index (χ1) is 8.56. The second-order valence-corrected chi connectivity index (χ2v) is 5.47. The molecule has 1 aromatic carbocycles. The molecule has 1 aliphatic rings. The molecule has 4 heteroatoms. The fourth-order valence-electron chi connectivity index (χ4n) is 2.39. The minimum absolute atomic E-state index is 0.0106. The third kappa shape index (κ3) is 3.07. The van der Waals surface area contributed by atoms with Crippen LogP contribution in [0, 0.1) is 5.92 Å². The summed E-state index contributed by atoms with van der Waals surface area (Å²) in [6.07, 6.45) is 3.36. The molecule has 2 rings (SSSR count). The van der Waals surface area contributed by atoms with E-state index in [0.717, 1.165) is 18.4 Å². The van der Waals surface area contributed by atoms with Crippen molar-refractivity contribution in [3.05, 3.63) is 35.4 Å². The average molecular weight is 262 g/mol. The van der Waals surface area contributed by atoms with Crippen LogP contribution in [0.3, 0.4) is 0 Å². The molecule has 3 nitrogen and oxygen atoms in total. The van der Waals surface area contributed by atoms with Gasteiger partial charge in [0.2, 0.25) is 0 Å². The summed E-state index contributed by atoms with van der Waals surface area (Å²) in [6.45, 7) is 2.23. The van der Waals surface area contributed by atoms with E-state index in [9.17, 15) is 4.79 Å². The van der Waals surface area contributed by atoms with E-state index >= 15 is 0 Å². The van der Waals surface area contributed by atoms with Gasteiger partial charge in [-0.3, -0.25) is 4.79 Å². The van der Waals surface area contributed by atoms with E-state index in [1.54, 1.807) is 24.3 Å². The van der Waals surface area contributed by atoms with Crippen molar-refractivity contribution in [1.29, 1.82) is 0 Å². The van der Waals surface area contributed by atoms with Crippen LogP contribution in [0.15, 0.2) is 24.3 Å². The summed E-state index contributed by atoms with van der Waals surface area (Å²) >= 11 is 4.88. The second-order valence-electron chi connectivity index (χ2n) is 5.03. The largest absolute Gasteiger partial charge is 0.389 e. The van der Waals surface area contributed by atoms with Crippen LogP contribution in [0.4, 0.5) is 0 Å². The number of hydrogen-bond acceptors (Lipinski definition) is 2. The molecular formula is C14H18N2OS. The minimum Gasteiger partial charge on any atom is -0.389 e. The molecule has 18 heavy (non-hydrogen) atoms. The molecule has 1 aromatic rings. The third-order valence-corrected chi connectivity index (χ3v) is 3.70. The second kappa shape index (κ2) is 5.48. The average Bonchev–Trinajstić information content (AvgIpc) is 2.75. The van der Waals surface area contributed by atoms with Crippen LogP contribution in [-0.4, -0.2) is 16.9 Å². The molecule has 96 valence electrons. The summed E-state index contributed by atoms with van der Waals surface area (Å²) in [7, 11) is 0. The molecule has 0 aromatic heterocycles. The van der Waals surface area contributed by atoms with Gasteiger partial charge in [0, 0.05) is 17.2 Å². The summed E-state index contributed by atoms with van der Waals surface area (Å²) in [5.74, 6) is 0.705. The fourth-order valence-corrected chi connectivity index (χ4v) is 2.53. The van der Waals surface area contributed by atoms with Crippen LogP contribution >= 0.6 is 12.2 Å². The van der Waals surface area contributed by atoms with E-state index < -0.39 is 0 Å². The lowest BCUT2D eigenvalue weighted by Crippen LogP contribution is -2.32. The van der Waals surface area contributed by atoms with E-state index in [-0.39, 0.29) is 5.91 Å². The van der Waals surface area contributed by atoms with E-state index in [1.807, 2.05) is 0 Å². The number of thiocarbonyl (C=S) groups is 1. The van der Waals surface area contributed by atoms with E-state index in [0.29, 0.717) is 22.5 Å². The van der Waals surface area contributed by atoms with Crippen molar-refractivity contribution in [3.63, 3.8) is 0 Å². The number of benzene rings is 1. The van der Waals surface area contributed by atoms with Crippen LogP contribution in [-0.2, 0) is 0 Å². The summed E-state index contributed by atoms with van der Waals surface area (Å²) in [4.78, 5) is 12.4. The molecule has 0 aliphatic heterocycles. The van der Waals surface area contributed by atoms with E-state index in [1.165, 1.54) is 6.42 Å². The van der Waals surface area contributed by atoms with Crippen molar-refractivity contribution in [2.45, 2.75) is 32.2 Å². The Morgan fingerprint density at radius 2 is 1.89 bits per heavy atom. The smallest absolute Gasteiger partial charge is 0.251 e. The van der Waals surface area contributed by atoms with Gasteiger partial charge in [-0.05, 0) is 37.3 Å². The van der Waals surface area contributed by atoms with Gasteiger partial charge in [-0.15, -0.1) is 0 Å². The molecule has 0 heterocycles. The van der Waals surface area contributed by atoms with Gasteiger partial charge in [-0.2, -0.15) is 0 Å². The molecule has 1 saturated carbocycles. The molecule has 3 N–H and O–H groups in total. The van der Waals surface area contributed by atoms with Gasteiger partial charge in [0.1, 0.15) is 4.99 Å². The Balaban J connectivity index is 1.98. The minimum atomic E-state index is -0.0106. The lowest BCUT2D eigenvalue weighted by atomic mass is 10.1. The monoisotopic (exact) mass is 262 g/mol. The summed E-state index contributed by atoms with van der Waals surface area (Å²) in [6, 6.07) is 7.43. The number of rotatable bonds is 3. The van der Waals surface area contributed by atoms with Gasteiger partial charge in [0.15, 0.2) is 0 Å². The fraction of sp³-hybridized carbons (Fsp3) is 0.429. The van der Waals surface area contributed by atoms with Crippen LogP contribution in [0.5, 0.6) is 0 Å². The van der Waals surface area contributed by atoms with Gasteiger partial charge in [-0.25, -0.2) is 0 Å². The maximum atomic E-state index is 12.0. The molecule has 0 spiro atoms. The molecule has 1 fully saturated rings. The topological polar surface area (TPSA) is 55.1 Å². The highest BCUT2D eigenvalue weighted by Crippen LogP contribution is 2.24. The number of nitrogens with one attached hydrogen (secondary N) is 1. The predicted octanol–water partition coefficient (Wildman–Crippen LogP) is 2.24. The van der Waals surface area contributed by atoms with Crippen molar-refractivity contribution in [2.75, 3.05) is 0 Å². The Bertz CT molecular complexity index is 455. The number of carbonyl (C=O) groups is 1. The predicted molar refractivity (Wildman–Crippen MR) is 76.6 cm³/mol. The molecule has 2 atom stereocenters. The van der Waals surface area contributed by atoms with Gasteiger partial charge in [-0.1, -0.05) is 31.3 Å². The Kier molecular flexibility index (Phi) is 3.97. The standard InChI is InChI=1S/C14H18N2OS/c1-9-2-7-12(8-9)16-14(17)11-5-3-10(4-6-11)13(15)18/h3-6,9,12H,2,7-8H2,1H3,(H2,15,18)(H,16,17). The van der Waals surface area contributed by atoms with Gasteiger partial charge >= 0.3 is 0 Å². The van der Waals surface area contributed by atoms with Crippen LogP contribution in [0.1, 0.15) is 42.1 Å². The maximum Gasteiger partial charge on any atom is 0.251 e. The Hall–Kier alpha value is -1.42. The van der Waals surface area contributed by atoms with Gasteiger partial charge < -0.3 is 11.1 Å². The molecule has 1 amide bonds. The van der Waals surface area contributed by atoms with Gasteiger partial charge in [0.05, 0.1) is 0 Å². The zero-order valence-corrected chi connectivity index (χ0v) is 11.3. The van der Waals surface area contributed by atoms with E-state index in [4.69, 9.17) is 18.0 Å². The quantitative estimate of drug-likeness (QED) is 0.821. The molecular weight excluding hydrogens is 244 g/mol. The lowest BCUT2D eigenvalue weighted by molar-refractivity contribution is 0.0937.